The predicted molar refractivity (Wildman–Crippen MR) is 190 cm³/mol. The number of nitrogens with one attached hydrogen (secondary N) is 2. The van der Waals surface area contributed by atoms with Gasteiger partial charge in [-0.15, -0.1) is 11.3 Å². The lowest BCUT2D eigenvalue weighted by molar-refractivity contribution is -0.152. The first-order valence-electron chi connectivity index (χ1n) is 14.9. The highest BCUT2D eigenvalue weighted by Gasteiger charge is 2.19. The molecular weight excluding hydrogens is 621 g/mol. The van der Waals surface area contributed by atoms with Crippen molar-refractivity contribution in [3.63, 3.8) is 0 Å². The van der Waals surface area contributed by atoms with Crippen molar-refractivity contribution in [1.82, 2.24) is 19.3 Å². The van der Waals surface area contributed by atoms with Gasteiger partial charge in [0.05, 0.1) is 17.8 Å². The number of carbonyl (C=O) groups excluding carboxylic acids is 3. The Balaban J connectivity index is 0.000000289. The van der Waals surface area contributed by atoms with Crippen LogP contribution in [0.1, 0.15) is 56.2 Å². The van der Waals surface area contributed by atoms with E-state index in [9.17, 15) is 14.4 Å². The summed E-state index contributed by atoms with van der Waals surface area (Å²) in [7, 11) is 3.70. The van der Waals surface area contributed by atoms with Crippen molar-refractivity contribution in [2.75, 3.05) is 37.4 Å². The van der Waals surface area contributed by atoms with Crippen LogP contribution in [0.3, 0.4) is 0 Å². The van der Waals surface area contributed by atoms with E-state index in [-0.39, 0.29) is 25.0 Å². The van der Waals surface area contributed by atoms with Crippen molar-refractivity contribution in [3.05, 3.63) is 71.0 Å². The average Bonchev–Trinajstić information content (AvgIpc) is 3.60. The Morgan fingerprint density at radius 1 is 1.13 bits per heavy atom. The number of aldehydes is 1. The van der Waals surface area contributed by atoms with Gasteiger partial charge < -0.3 is 25.1 Å². The summed E-state index contributed by atoms with van der Waals surface area (Å²) < 4.78 is 7.41. The van der Waals surface area contributed by atoms with Gasteiger partial charge in [0.2, 0.25) is 0 Å². The SMILES string of the molecule is CNc1nc(-c2cccc(-c3ccnc(N(C)CC(=O)OC(C)(C)C)c3)c2)cs1.Cc1c(C(=O)NCC=O)cn(SC(C)C)c1C. The van der Waals surface area contributed by atoms with Gasteiger partial charge in [-0.1, -0.05) is 32.0 Å². The molecule has 0 saturated carbocycles. The second-order valence-electron chi connectivity index (χ2n) is 11.8. The van der Waals surface area contributed by atoms with Crippen molar-refractivity contribution < 1.29 is 19.1 Å². The fraction of sp³-hybridized carbons (Fsp3) is 0.382. The molecule has 0 radical (unpaired) electrons. The van der Waals surface area contributed by atoms with Gasteiger partial charge in [0.1, 0.15) is 24.2 Å². The van der Waals surface area contributed by atoms with E-state index >= 15 is 0 Å². The molecule has 4 aromatic rings. The minimum atomic E-state index is -0.503. The quantitative estimate of drug-likeness (QED) is 0.135. The standard InChI is InChI=1S/C22H26N4O2S.C12H18N2O2S/c1-22(2,3)28-20(27)13-26(5)19-12-16(9-10-24-19)15-7-6-8-17(11-15)18-14-29-21(23-4)25-18;1-8(2)17-14-7-11(9(3)10(14)4)12(16)13-5-6-15/h6-12,14H,13H2,1-5H3,(H,23,25);6-8H,5H2,1-4H3,(H,13,16). The molecule has 12 heteroatoms. The first kappa shape index (κ1) is 36.3. The number of benzene rings is 1. The molecule has 10 nitrogen and oxygen atoms in total. The highest BCUT2D eigenvalue weighted by atomic mass is 32.2. The van der Waals surface area contributed by atoms with E-state index in [0.717, 1.165) is 38.8 Å². The Morgan fingerprint density at radius 2 is 1.83 bits per heavy atom. The molecule has 1 amide bonds. The molecule has 1 aromatic carbocycles. The molecule has 246 valence electrons. The summed E-state index contributed by atoms with van der Waals surface area (Å²) >= 11 is 3.25. The summed E-state index contributed by atoms with van der Waals surface area (Å²) in [5.41, 5.74) is 6.25. The Morgan fingerprint density at radius 3 is 2.46 bits per heavy atom. The Kier molecular flexibility index (Phi) is 13.0. The molecule has 0 unspecified atom stereocenters. The van der Waals surface area contributed by atoms with E-state index in [1.54, 1.807) is 34.4 Å². The van der Waals surface area contributed by atoms with E-state index in [4.69, 9.17) is 4.74 Å². The first-order chi connectivity index (χ1) is 21.7. The molecule has 0 spiro atoms. The van der Waals surface area contributed by atoms with E-state index in [1.165, 1.54) is 0 Å². The molecule has 0 aliphatic carbocycles. The number of amides is 1. The lowest BCUT2D eigenvalue weighted by Gasteiger charge is -2.23. The fourth-order valence-electron chi connectivity index (χ4n) is 4.30. The highest BCUT2D eigenvalue weighted by Crippen LogP contribution is 2.30. The number of thiazole rings is 1. The van der Waals surface area contributed by atoms with Crippen LogP contribution in [-0.4, -0.2) is 70.1 Å². The molecule has 0 saturated heterocycles. The summed E-state index contributed by atoms with van der Waals surface area (Å²) in [6.45, 7) is 13.9. The summed E-state index contributed by atoms with van der Waals surface area (Å²) in [5.74, 6) is 0.240. The number of esters is 1. The largest absolute Gasteiger partial charge is 0.459 e. The van der Waals surface area contributed by atoms with Crippen LogP contribution in [0.2, 0.25) is 0 Å². The van der Waals surface area contributed by atoms with Crippen LogP contribution in [0.25, 0.3) is 22.4 Å². The zero-order chi connectivity index (χ0) is 34.0. The summed E-state index contributed by atoms with van der Waals surface area (Å²) in [6.07, 6.45) is 4.26. The number of anilines is 2. The number of rotatable bonds is 11. The van der Waals surface area contributed by atoms with Crippen LogP contribution in [0.5, 0.6) is 0 Å². The maximum atomic E-state index is 12.1. The van der Waals surface area contributed by atoms with Crippen molar-refractivity contribution in [2.45, 2.75) is 59.3 Å². The van der Waals surface area contributed by atoms with Crippen LogP contribution in [0, 0.1) is 13.8 Å². The molecule has 0 atom stereocenters. The maximum absolute atomic E-state index is 12.1. The van der Waals surface area contributed by atoms with E-state index in [2.05, 4.69) is 52.6 Å². The number of hydrogen-bond acceptors (Lipinski definition) is 10. The fourth-order valence-corrected chi connectivity index (χ4v) is 5.90. The zero-order valence-electron chi connectivity index (χ0n) is 28.0. The van der Waals surface area contributed by atoms with E-state index < -0.39 is 5.60 Å². The molecule has 3 aromatic heterocycles. The molecule has 0 aliphatic rings. The maximum Gasteiger partial charge on any atom is 0.326 e. The molecule has 46 heavy (non-hydrogen) atoms. The normalized spacial score (nSPS) is 11.0. The second-order valence-corrected chi connectivity index (χ2v) is 14.2. The van der Waals surface area contributed by atoms with Crippen LogP contribution in [-0.2, 0) is 14.3 Å². The van der Waals surface area contributed by atoms with Gasteiger partial charge in [-0.2, -0.15) is 0 Å². The van der Waals surface area contributed by atoms with E-state index in [0.29, 0.717) is 22.9 Å². The van der Waals surface area contributed by atoms with Crippen molar-refractivity contribution in [3.8, 4) is 22.4 Å². The van der Waals surface area contributed by atoms with Crippen molar-refractivity contribution >= 4 is 52.4 Å². The predicted octanol–water partition coefficient (Wildman–Crippen LogP) is 6.63. The summed E-state index contributed by atoms with van der Waals surface area (Å²) in [6, 6.07) is 12.2. The molecule has 4 rings (SSSR count). The van der Waals surface area contributed by atoms with Crippen LogP contribution >= 0.6 is 23.3 Å². The molecule has 0 bridgehead atoms. The minimum Gasteiger partial charge on any atom is -0.459 e. The smallest absolute Gasteiger partial charge is 0.326 e. The molecule has 2 N–H and O–H groups in total. The zero-order valence-corrected chi connectivity index (χ0v) is 29.6. The summed E-state index contributed by atoms with van der Waals surface area (Å²) in [5, 5.41) is 9.00. The molecule has 3 heterocycles. The van der Waals surface area contributed by atoms with Crippen LogP contribution in [0.4, 0.5) is 10.9 Å². The van der Waals surface area contributed by atoms with Gasteiger partial charge in [0.15, 0.2) is 5.13 Å². The Labute approximate surface area is 280 Å². The third-order valence-corrected chi connectivity index (χ3v) is 8.46. The Hall–Kier alpha value is -4.16. The van der Waals surface area contributed by atoms with Gasteiger partial charge in [0.25, 0.3) is 5.91 Å². The lowest BCUT2D eigenvalue weighted by Crippen LogP contribution is -2.33. The van der Waals surface area contributed by atoms with Crippen molar-refractivity contribution in [2.24, 2.45) is 0 Å². The van der Waals surface area contributed by atoms with Gasteiger partial charge >= 0.3 is 5.97 Å². The number of aromatic nitrogens is 3. The number of pyridine rings is 1. The third kappa shape index (κ3) is 10.4. The molecule has 0 fully saturated rings. The second kappa shape index (κ2) is 16.4. The monoisotopic (exact) mass is 664 g/mol. The molecule has 0 aliphatic heterocycles. The van der Waals surface area contributed by atoms with Crippen molar-refractivity contribution in [1.29, 1.82) is 0 Å². The van der Waals surface area contributed by atoms with Gasteiger partial charge in [-0.3, -0.25) is 13.6 Å². The van der Waals surface area contributed by atoms with Gasteiger partial charge in [-0.25, -0.2) is 9.97 Å². The Bertz CT molecular complexity index is 1640. The van der Waals surface area contributed by atoms with Crippen LogP contribution in [0.15, 0.2) is 54.2 Å². The van der Waals surface area contributed by atoms with Gasteiger partial charge in [-0.05, 0) is 81.5 Å². The highest BCUT2D eigenvalue weighted by molar-refractivity contribution is 7.98. The molecular formula is C34H44N6O4S2. The topological polar surface area (TPSA) is 118 Å². The summed E-state index contributed by atoms with van der Waals surface area (Å²) in [4.78, 5) is 44.9. The number of likely N-dealkylation sites (N-methyl/N-ethyl adjacent to an activating group) is 1. The average molecular weight is 665 g/mol. The van der Waals surface area contributed by atoms with Crippen LogP contribution < -0.4 is 15.5 Å². The third-order valence-electron chi connectivity index (χ3n) is 6.57. The number of ether oxygens (including phenoxy) is 1. The number of hydrogen-bond donors (Lipinski definition) is 2. The van der Waals surface area contributed by atoms with Gasteiger partial charge in [0, 0.05) is 48.4 Å². The minimum absolute atomic E-state index is 0.0554. The lowest BCUT2D eigenvalue weighted by atomic mass is 10.0. The number of carbonyl (C=O) groups is 3. The van der Waals surface area contributed by atoms with E-state index in [1.807, 2.05) is 82.5 Å². The first-order valence-corrected chi connectivity index (χ1v) is 16.6. The number of nitrogens with zero attached hydrogens (tertiary/aromatic N) is 4.